The maximum atomic E-state index is 12.8. The van der Waals surface area contributed by atoms with Gasteiger partial charge in [-0.15, -0.1) is 0 Å². The third kappa shape index (κ3) is 3.39. The zero-order valence-electron chi connectivity index (χ0n) is 13.5. The molecule has 1 saturated carbocycles. The Balaban J connectivity index is 1.99. The van der Waals surface area contributed by atoms with Crippen LogP contribution in [0.4, 0.5) is 0 Å². The van der Waals surface area contributed by atoms with E-state index in [0.29, 0.717) is 25.5 Å². The molecule has 2 fully saturated rings. The van der Waals surface area contributed by atoms with E-state index in [2.05, 4.69) is 12.2 Å². The van der Waals surface area contributed by atoms with E-state index >= 15 is 0 Å². The van der Waals surface area contributed by atoms with Gasteiger partial charge in [0, 0.05) is 19.8 Å². The number of hydrogen-bond acceptors (Lipinski definition) is 3. The first-order valence-corrected chi connectivity index (χ1v) is 8.25. The van der Waals surface area contributed by atoms with Gasteiger partial charge >= 0.3 is 0 Å². The summed E-state index contributed by atoms with van der Waals surface area (Å²) in [5.74, 6) is 0.401. The zero-order valence-corrected chi connectivity index (χ0v) is 13.5. The SMILES string of the molecule is CCCOCCCN1C(=O)C(C)(C2CC2)NC(=O)C1CC. The fraction of sp³-hybridized carbons (Fsp3) is 0.875. The number of piperazine rings is 1. The molecule has 1 heterocycles. The molecule has 1 aliphatic heterocycles. The van der Waals surface area contributed by atoms with Crippen LogP contribution in [0.15, 0.2) is 0 Å². The highest BCUT2D eigenvalue weighted by Crippen LogP contribution is 2.42. The molecule has 0 bridgehead atoms. The molecule has 0 spiro atoms. The molecule has 0 aromatic carbocycles. The second-order valence-corrected chi connectivity index (χ2v) is 6.35. The van der Waals surface area contributed by atoms with Crippen LogP contribution in [0.1, 0.15) is 52.9 Å². The van der Waals surface area contributed by atoms with E-state index < -0.39 is 5.54 Å². The molecule has 2 atom stereocenters. The lowest BCUT2D eigenvalue weighted by Gasteiger charge is -2.44. The number of amides is 2. The van der Waals surface area contributed by atoms with Crippen LogP contribution in [0.25, 0.3) is 0 Å². The van der Waals surface area contributed by atoms with Gasteiger partial charge in [0.15, 0.2) is 0 Å². The van der Waals surface area contributed by atoms with Crippen LogP contribution in [0.3, 0.4) is 0 Å². The molecule has 1 saturated heterocycles. The topological polar surface area (TPSA) is 58.6 Å². The molecular weight excluding hydrogens is 268 g/mol. The van der Waals surface area contributed by atoms with E-state index in [-0.39, 0.29) is 17.9 Å². The van der Waals surface area contributed by atoms with Crippen LogP contribution in [-0.4, -0.2) is 48.1 Å². The van der Waals surface area contributed by atoms with Gasteiger partial charge in [0.2, 0.25) is 11.8 Å². The van der Waals surface area contributed by atoms with Crippen molar-refractivity contribution >= 4 is 11.8 Å². The number of carbonyl (C=O) groups is 2. The fourth-order valence-corrected chi connectivity index (χ4v) is 3.16. The summed E-state index contributed by atoms with van der Waals surface area (Å²) in [6, 6.07) is -0.324. The van der Waals surface area contributed by atoms with E-state index in [1.807, 2.05) is 13.8 Å². The Morgan fingerprint density at radius 3 is 2.57 bits per heavy atom. The summed E-state index contributed by atoms with van der Waals surface area (Å²) in [4.78, 5) is 26.9. The molecule has 0 aromatic rings. The minimum atomic E-state index is -0.687. The summed E-state index contributed by atoms with van der Waals surface area (Å²) in [5, 5.41) is 2.98. The van der Waals surface area contributed by atoms with Crippen LogP contribution < -0.4 is 5.32 Å². The van der Waals surface area contributed by atoms with Crippen molar-refractivity contribution in [3.8, 4) is 0 Å². The fourth-order valence-electron chi connectivity index (χ4n) is 3.16. The molecule has 1 N–H and O–H groups in total. The normalized spacial score (nSPS) is 29.7. The van der Waals surface area contributed by atoms with Crippen LogP contribution in [-0.2, 0) is 14.3 Å². The standard InChI is InChI=1S/C16H28N2O3/c1-4-10-21-11-6-9-18-13(5-2)14(19)17-16(3,15(18)20)12-7-8-12/h12-13H,4-11H2,1-3H3,(H,17,19). The molecule has 0 radical (unpaired) electrons. The van der Waals surface area contributed by atoms with Crippen molar-refractivity contribution in [2.24, 2.45) is 5.92 Å². The predicted octanol–water partition coefficient (Wildman–Crippen LogP) is 1.71. The van der Waals surface area contributed by atoms with Crippen LogP contribution in [0.5, 0.6) is 0 Å². The van der Waals surface area contributed by atoms with Crippen LogP contribution in [0, 0.1) is 5.92 Å². The van der Waals surface area contributed by atoms with E-state index in [1.165, 1.54) is 0 Å². The van der Waals surface area contributed by atoms with E-state index in [0.717, 1.165) is 32.3 Å². The Labute approximate surface area is 127 Å². The molecule has 1 aliphatic carbocycles. The average Bonchev–Trinajstić information content (AvgIpc) is 3.28. The maximum absolute atomic E-state index is 12.8. The van der Waals surface area contributed by atoms with Gasteiger partial charge in [-0.05, 0) is 44.9 Å². The van der Waals surface area contributed by atoms with Crippen LogP contribution >= 0.6 is 0 Å². The molecular formula is C16H28N2O3. The highest BCUT2D eigenvalue weighted by atomic mass is 16.5. The van der Waals surface area contributed by atoms with Gasteiger partial charge in [-0.3, -0.25) is 9.59 Å². The second-order valence-electron chi connectivity index (χ2n) is 6.35. The largest absolute Gasteiger partial charge is 0.381 e. The number of nitrogens with one attached hydrogen (secondary N) is 1. The molecule has 2 unspecified atom stereocenters. The summed E-state index contributed by atoms with van der Waals surface area (Å²) >= 11 is 0. The van der Waals surface area contributed by atoms with Crippen molar-refractivity contribution in [1.82, 2.24) is 10.2 Å². The molecule has 21 heavy (non-hydrogen) atoms. The average molecular weight is 296 g/mol. The number of hydrogen-bond donors (Lipinski definition) is 1. The summed E-state index contributed by atoms with van der Waals surface area (Å²) in [7, 11) is 0. The van der Waals surface area contributed by atoms with Gasteiger partial charge in [0.05, 0.1) is 0 Å². The van der Waals surface area contributed by atoms with Crippen molar-refractivity contribution in [2.45, 2.75) is 64.5 Å². The first-order valence-electron chi connectivity index (χ1n) is 8.25. The van der Waals surface area contributed by atoms with Gasteiger partial charge in [-0.25, -0.2) is 0 Å². The first kappa shape index (κ1) is 16.3. The Morgan fingerprint density at radius 1 is 1.29 bits per heavy atom. The van der Waals surface area contributed by atoms with Gasteiger partial charge in [0.1, 0.15) is 11.6 Å². The Bertz CT molecular complexity index is 395. The Kier molecular flexibility index (Phi) is 5.25. The highest BCUT2D eigenvalue weighted by molar-refractivity contribution is 6.00. The van der Waals surface area contributed by atoms with Crippen molar-refractivity contribution in [3.63, 3.8) is 0 Å². The predicted molar refractivity (Wildman–Crippen MR) is 80.8 cm³/mol. The molecule has 2 rings (SSSR count). The quantitative estimate of drug-likeness (QED) is 0.694. The molecule has 0 aromatic heterocycles. The van der Waals surface area contributed by atoms with Crippen molar-refractivity contribution in [3.05, 3.63) is 0 Å². The molecule has 5 nitrogen and oxygen atoms in total. The lowest BCUT2D eigenvalue weighted by Crippen LogP contribution is -2.70. The van der Waals surface area contributed by atoms with Crippen LogP contribution in [0.2, 0.25) is 0 Å². The molecule has 120 valence electrons. The van der Waals surface area contributed by atoms with Gasteiger partial charge in [0.25, 0.3) is 0 Å². The monoisotopic (exact) mass is 296 g/mol. The highest BCUT2D eigenvalue weighted by Gasteiger charge is 2.54. The maximum Gasteiger partial charge on any atom is 0.249 e. The number of nitrogens with zero attached hydrogens (tertiary/aromatic N) is 1. The number of carbonyl (C=O) groups excluding carboxylic acids is 2. The number of rotatable bonds is 8. The Hall–Kier alpha value is -1.10. The molecule has 5 heteroatoms. The lowest BCUT2D eigenvalue weighted by molar-refractivity contribution is -0.155. The summed E-state index contributed by atoms with van der Waals surface area (Å²) in [6.07, 6.45) is 4.52. The lowest BCUT2D eigenvalue weighted by atomic mass is 9.88. The molecule has 2 aliphatic rings. The second kappa shape index (κ2) is 6.77. The third-order valence-corrected chi connectivity index (χ3v) is 4.58. The van der Waals surface area contributed by atoms with Gasteiger partial charge in [-0.1, -0.05) is 13.8 Å². The summed E-state index contributed by atoms with van der Waals surface area (Å²) in [6.45, 7) is 7.93. The van der Waals surface area contributed by atoms with Crippen molar-refractivity contribution < 1.29 is 14.3 Å². The van der Waals surface area contributed by atoms with Crippen molar-refractivity contribution in [1.29, 1.82) is 0 Å². The van der Waals surface area contributed by atoms with E-state index in [9.17, 15) is 9.59 Å². The smallest absolute Gasteiger partial charge is 0.249 e. The molecule has 2 amide bonds. The van der Waals surface area contributed by atoms with E-state index in [4.69, 9.17) is 4.74 Å². The van der Waals surface area contributed by atoms with Gasteiger partial charge in [-0.2, -0.15) is 0 Å². The minimum absolute atomic E-state index is 0.000904. The summed E-state index contributed by atoms with van der Waals surface area (Å²) < 4.78 is 5.48. The third-order valence-electron chi connectivity index (χ3n) is 4.58. The minimum Gasteiger partial charge on any atom is -0.381 e. The zero-order chi connectivity index (χ0) is 15.5. The number of ether oxygens (including phenoxy) is 1. The van der Waals surface area contributed by atoms with Crippen molar-refractivity contribution in [2.75, 3.05) is 19.8 Å². The van der Waals surface area contributed by atoms with Gasteiger partial charge < -0.3 is 15.0 Å². The summed E-state index contributed by atoms with van der Waals surface area (Å²) in [5.41, 5.74) is -0.687. The first-order chi connectivity index (χ1) is 10.0. The van der Waals surface area contributed by atoms with E-state index in [1.54, 1.807) is 4.90 Å². The Morgan fingerprint density at radius 2 is 2.00 bits per heavy atom.